The number of amides is 1. The normalized spacial score (nSPS) is 10.8. The Hall–Kier alpha value is -3.13. The molecular weight excluding hydrogens is 410 g/mol. The number of carbonyl (C=O) groups is 3. The first-order valence-corrected chi connectivity index (χ1v) is 10.0. The summed E-state index contributed by atoms with van der Waals surface area (Å²) in [6.07, 6.45) is 2.37. The Morgan fingerprint density at radius 3 is 2.45 bits per heavy atom. The number of esters is 1. The highest BCUT2D eigenvalue weighted by molar-refractivity contribution is 7.89. The molecule has 14 heteroatoms. The van der Waals surface area contributed by atoms with E-state index in [1.54, 1.807) is 0 Å². The first-order chi connectivity index (χ1) is 13.6. The zero-order chi connectivity index (χ0) is 21.9. The number of nitrogens with zero attached hydrogens (tertiary/aromatic N) is 2. The van der Waals surface area contributed by atoms with E-state index >= 15 is 0 Å². The summed E-state index contributed by atoms with van der Waals surface area (Å²) < 4.78 is 27.9. The van der Waals surface area contributed by atoms with Gasteiger partial charge in [0.05, 0.1) is 12.0 Å². The Kier molecular flexibility index (Phi) is 9.61. The molecule has 0 aliphatic carbocycles. The molecule has 29 heavy (non-hydrogen) atoms. The molecule has 0 saturated carbocycles. The van der Waals surface area contributed by atoms with E-state index in [9.17, 15) is 32.9 Å². The molecule has 0 spiro atoms. The number of rotatable bonds is 13. The van der Waals surface area contributed by atoms with Gasteiger partial charge in [0.25, 0.3) is 5.69 Å². The van der Waals surface area contributed by atoms with Gasteiger partial charge < -0.3 is 10.1 Å². The highest BCUT2D eigenvalue weighted by Gasteiger charge is 2.14. The van der Waals surface area contributed by atoms with Gasteiger partial charge >= 0.3 is 5.97 Å². The van der Waals surface area contributed by atoms with Crippen LogP contribution in [-0.4, -0.2) is 49.0 Å². The molecule has 1 amide bonds. The van der Waals surface area contributed by atoms with Gasteiger partial charge in [-0.3, -0.25) is 25.1 Å². The molecule has 0 bridgehead atoms. The van der Waals surface area contributed by atoms with Crippen LogP contribution in [-0.2, 0) is 29.1 Å². The van der Waals surface area contributed by atoms with Crippen LogP contribution in [0.2, 0.25) is 0 Å². The van der Waals surface area contributed by atoms with Crippen LogP contribution in [0, 0.1) is 10.1 Å². The van der Waals surface area contributed by atoms with Crippen LogP contribution in [0.15, 0.2) is 18.3 Å². The molecule has 0 unspecified atom stereocenters. The minimum absolute atomic E-state index is 0.0228. The number of Topliss-reactive ketones (excluding diaryl/α,β-unsaturated/α-hetero) is 1. The van der Waals surface area contributed by atoms with Gasteiger partial charge in [0, 0.05) is 18.9 Å². The maximum absolute atomic E-state index is 11.8. The Morgan fingerprint density at radius 2 is 1.86 bits per heavy atom. The molecular formula is C15H21N5O8S. The Bertz CT molecular complexity index is 841. The van der Waals surface area contributed by atoms with Crippen LogP contribution in [0.25, 0.3) is 0 Å². The fourth-order valence-corrected chi connectivity index (χ4v) is 2.65. The molecule has 0 aliphatic heterocycles. The number of pyridine rings is 1. The second-order valence-electron chi connectivity index (χ2n) is 5.72. The van der Waals surface area contributed by atoms with E-state index in [1.165, 1.54) is 6.07 Å². The SMILES string of the molecule is COC(=O)C(=O)CCCCCC(=O)NCS(=O)(=O)NNc1ccc([N+](=O)[O-])cn1. The molecule has 1 rings (SSSR count). The maximum atomic E-state index is 11.8. The number of ether oxygens (including phenoxy) is 1. The minimum Gasteiger partial charge on any atom is -0.463 e. The number of hydrazine groups is 1. The molecule has 0 saturated heterocycles. The summed E-state index contributed by atoms with van der Waals surface area (Å²) in [7, 11) is -2.81. The number of nitrogens with one attached hydrogen (secondary N) is 3. The van der Waals surface area contributed by atoms with Gasteiger partial charge in [0.15, 0.2) is 0 Å². The van der Waals surface area contributed by atoms with Crippen molar-refractivity contribution in [3.63, 3.8) is 0 Å². The molecule has 1 aromatic heterocycles. The molecule has 0 aromatic carbocycles. The van der Waals surface area contributed by atoms with Crippen molar-refractivity contribution in [2.24, 2.45) is 0 Å². The van der Waals surface area contributed by atoms with Crippen molar-refractivity contribution in [2.75, 3.05) is 18.4 Å². The van der Waals surface area contributed by atoms with Crippen LogP contribution in [0.5, 0.6) is 0 Å². The summed E-state index contributed by atoms with van der Waals surface area (Å²) in [5.74, 6) is -2.69. The highest BCUT2D eigenvalue weighted by atomic mass is 32.2. The van der Waals surface area contributed by atoms with Crippen molar-refractivity contribution in [1.29, 1.82) is 0 Å². The number of aromatic nitrogens is 1. The zero-order valence-electron chi connectivity index (χ0n) is 15.5. The monoisotopic (exact) mass is 431 g/mol. The highest BCUT2D eigenvalue weighted by Crippen LogP contribution is 2.11. The van der Waals surface area contributed by atoms with Crippen molar-refractivity contribution in [2.45, 2.75) is 32.1 Å². The molecule has 1 aromatic rings. The molecule has 13 nitrogen and oxygen atoms in total. The van der Waals surface area contributed by atoms with Gasteiger partial charge in [-0.15, -0.1) is 4.83 Å². The molecule has 0 radical (unpaired) electrons. The average molecular weight is 431 g/mol. The van der Waals surface area contributed by atoms with Crippen LogP contribution >= 0.6 is 0 Å². The maximum Gasteiger partial charge on any atom is 0.374 e. The molecule has 160 valence electrons. The lowest BCUT2D eigenvalue weighted by Crippen LogP contribution is -2.39. The van der Waals surface area contributed by atoms with Crippen molar-refractivity contribution < 1.29 is 32.5 Å². The fraction of sp³-hybridized carbons (Fsp3) is 0.467. The number of hydrogen-bond donors (Lipinski definition) is 3. The van der Waals surface area contributed by atoms with Crippen molar-refractivity contribution in [3.05, 3.63) is 28.4 Å². The third-order valence-corrected chi connectivity index (χ3v) is 4.41. The first-order valence-electron chi connectivity index (χ1n) is 8.38. The molecule has 0 atom stereocenters. The van der Waals surface area contributed by atoms with Gasteiger partial charge in [0.1, 0.15) is 17.9 Å². The van der Waals surface area contributed by atoms with Crippen molar-refractivity contribution in [3.8, 4) is 0 Å². The Balaban J connectivity index is 2.25. The van der Waals surface area contributed by atoms with Gasteiger partial charge in [-0.25, -0.2) is 18.2 Å². The lowest BCUT2D eigenvalue weighted by atomic mass is 10.1. The number of nitro groups is 1. The van der Waals surface area contributed by atoms with E-state index in [-0.39, 0.29) is 24.3 Å². The summed E-state index contributed by atoms with van der Waals surface area (Å²) in [4.78, 5) is 49.3. The van der Waals surface area contributed by atoms with Crippen molar-refractivity contribution in [1.82, 2.24) is 15.1 Å². The largest absolute Gasteiger partial charge is 0.463 e. The summed E-state index contributed by atoms with van der Waals surface area (Å²) in [6.45, 7) is 0. The molecule has 0 aliphatic rings. The molecule has 3 N–H and O–H groups in total. The van der Waals surface area contributed by atoms with Gasteiger partial charge in [0.2, 0.25) is 21.7 Å². The number of ketones is 1. The molecule has 1 heterocycles. The fourth-order valence-electron chi connectivity index (χ4n) is 1.96. The van der Waals surface area contributed by atoms with Gasteiger partial charge in [-0.2, -0.15) is 0 Å². The van der Waals surface area contributed by atoms with Crippen LogP contribution in [0.3, 0.4) is 0 Å². The third-order valence-electron chi connectivity index (χ3n) is 3.47. The number of unbranched alkanes of at least 4 members (excludes halogenated alkanes) is 2. The van der Waals surface area contributed by atoms with E-state index in [1.807, 2.05) is 4.83 Å². The number of sulfonamides is 1. The lowest BCUT2D eigenvalue weighted by Gasteiger charge is -2.09. The van der Waals surface area contributed by atoms with E-state index in [0.717, 1.165) is 19.4 Å². The standard InChI is InChI=1S/C15H21N5O8S/c1-28-15(23)12(21)5-3-2-4-6-14(22)17-10-29(26,27)19-18-13-8-7-11(9-16-13)20(24)25/h7-9,19H,2-6,10H2,1H3,(H,16,18)(H,17,22). The van der Waals surface area contributed by atoms with Crippen molar-refractivity contribution >= 4 is 39.2 Å². The van der Waals surface area contributed by atoms with Crippen LogP contribution in [0.4, 0.5) is 11.5 Å². The number of methoxy groups -OCH3 is 1. The summed E-state index contributed by atoms with van der Waals surface area (Å²) in [5, 5.41) is 12.7. The predicted octanol–water partition coefficient (Wildman–Crippen LogP) is 0.00240. The zero-order valence-corrected chi connectivity index (χ0v) is 16.4. The Labute approximate surface area is 166 Å². The lowest BCUT2D eigenvalue weighted by molar-refractivity contribution is -0.385. The van der Waals surface area contributed by atoms with E-state index in [0.29, 0.717) is 19.3 Å². The van der Waals surface area contributed by atoms with E-state index < -0.39 is 38.5 Å². The summed E-state index contributed by atoms with van der Waals surface area (Å²) >= 11 is 0. The number of anilines is 1. The third kappa shape index (κ3) is 9.57. The predicted molar refractivity (Wildman–Crippen MR) is 99.7 cm³/mol. The smallest absolute Gasteiger partial charge is 0.374 e. The minimum atomic E-state index is -3.92. The molecule has 0 fully saturated rings. The van der Waals surface area contributed by atoms with Crippen LogP contribution < -0.4 is 15.6 Å². The number of hydrogen-bond acceptors (Lipinski definition) is 10. The van der Waals surface area contributed by atoms with Gasteiger partial charge in [-0.05, 0) is 18.9 Å². The van der Waals surface area contributed by atoms with E-state index in [2.05, 4.69) is 20.5 Å². The quantitative estimate of drug-likeness (QED) is 0.126. The van der Waals surface area contributed by atoms with Gasteiger partial charge in [-0.1, -0.05) is 6.42 Å². The number of carbonyl (C=O) groups excluding carboxylic acids is 3. The summed E-state index contributed by atoms with van der Waals surface area (Å²) in [5.41, 5.74) is 2.02. The van der Waals surface area contributed by atoms with Crippen LogP contribution in [0.1, 0.15) is 32.1 Å². The second-order valence-corrected chi connectivity index (χ2v) is 7.44. The second kappa shape index (κ2) is 11.7. The average Bonchev–Trinajstić information content (AvgIpc) is 2.70. The Morgan fingerprint density at radius 1 is 1.17 bits per heavy atom. The topological polar surface area (TPSA) is 187 Å². The summed E-state index contributed by atoms with van der Waals surface area (Å²) in [6, 6.07) is 2.36. The first kappa shape index (κ1) is 23.9. The van der Waals surface area contributed by atoms with E-state index in [4.69, 9.17) is 0 Å².